The van der Waals surface area contributed by atoms with Gasteiger partial charge in [-0.3, -0.25) is 0 Å². The van der Waals surface area contributed by atoms with E-state index in [1.54, 1.807) is 0 Å². The van der Waals surface area contributed by atoms with Crippen molar-refractivity contribution < 1.29 is 5.11 Å². The van der Waals surface area contributed by atoms with Crippen molar-refractivity contribution in [2.45, 2.75) is 43.7 Å². The van der Waals surface area contributed by atoms with E-state index in [-0.39, 0.29) is 5.54 Å². The Morgan fingerprint density at radius 2 is 1.75 bits per heavy atom. The van der Waals surface area contributed by atoms with E-state index < -0.39 is 5.60 Å². The van der Waals surface area contributed by atoms with Crippen molar-refractivity contribution in [2.75, 3.05) is 0 Å². The van der Waals surface area contributed by atoms with Gasteiger partial charge in [0.1, 0.15) is 0 Å². The van der Waals surface area contributed by atoms with Crippen LogP contribution in [-0.2, 0) is 5.54 Å². The Balaban J connectivity index is 2.25. The number of benzene rings is 1. The minimum absolute atomic E-state index is 0.289. The standard InChI is InChI=1S/C13H18BrNO/c1-12(16)6-8-13(15,9-7-12)10-4-2-3-5-11(10)14/h2-5,16H,6-9,15H2,1H3. The van der Waals surface area contributed by atoms with Crippen LogP contribution in [-0.4, -0.2) is 10.7 Å². The Kier molecular flexibility index (Phi) is 3.12. The maximum absolute atomic E-state index is 9.96. The number of rotatable bonds is 1. The highest BCUT2D eigenvalue weighted by Gasteiger charge is 2.38. The molecular formula is C13H18BrNO. The van der Waals surface area contributed by atoms with Gasteiger partial charge in [-0.1, -0.05) is 34.1 Å². The van der Waals surface area contributed by atoms with Gasteiger partial charge >= 0.3 is 0 Å². The molecule has 0 heterocycles. The monoisotopic (exact) mass is 283 g/mol. The van der Waals surface area contributed by atoms with E-state index in [0.29, 0.717) is 0 Å². The highest BCUT2D eigenvalue weighted by atomic mass is 79.9. The van der Waals surface area contributed by atoms with Gasteiger partial charge in [-0.2, -0.15) is 0 Å². The third kappa shape index (κ3) is 2.31. The van der Waals surface area contributed by atoms with Crippen molar-refractivity contribution in [3.63, 3.8) is 0 Å². The topological polar surface area (TPSA) is 46.2 Å². The molecule has 3 heteroatoms. The lowest BCUT2D eigenvalue weighted by Crippen LogP contribution is -2.45. The summed E-state index contributed by atoms with van der Waals surface area (Å²) >= 11 is 3.55. The molecule has 1 aliphatic carbocycles. The van der Waals surface area contributed by atoms with Gasteiger partial charge in [0, 0.05) is 10.0 Å². The second-order valence-corrected chi connectivity index (χ2v) is 5.99. The minimum Gasteiger partial charge on any atom is -0.390 e. The van der Waals surface area contributed by atoms with Gasteiger partial charge in [-0.25, -0.2) is 0 Å². The van der Waals surface area contributed by atoms with Crippen LogP contribution in [0.15, 0.2) is 28.7 Å². The summed E-state index contributed by atoms with van der Waals surface area (Å²) < 4.78 is 1.07. The molecule has 0 aromatic heterocycles. The molecule has 1 fully saturated rings. The van der Waals surface area contributed by atoms with Crippen LogP contribution in [0.3, 0.4) is 0 Å². The van der Waals surface area contributed by atoms with E-state index in [9.17, 15) is 5.11 Å². The number of halogens is 1. The van der Waals surface area contributed by atoms with Crippen molar-refractivity contribution in [1.29, 1.82) is 0 Å². The Hall–Kier alpha value is -0.380. The van der Waals surface area contributed by atoms with Crippen LogP contribution in [0.2, 0.25) is 0 Å². The summed E-state index contributed by atoms with van der Waals surface area (Å²) in [4.78, 5) is 0. The molecule has 3 N–H and O–H groups in total. The fraction of sp³-hybridized carbons (Fsp3) is 0.538. The number of hydrogen-bond acceptors (Lipinski definition) is 2. The summed E-state index contributed by atoms with van der Waals surface area (Å²) in [6, 6.07) is 8.11. The Bertz CT molecular complexity index is 379. The summed E-state index contributed by atoms with van der Waals surface area (Å²) in [6.07, 6.45) is 3.21. The van der Waals surface area contributed by atoms with E-state index in [0.717, 1.165) is 35.7 Å². The Morgan fingerprint density at radius 1 is 1.19 bits per heavy atom. The Labute approximate surface area is 105 Å². The molecule has 0 saturated heterocycles. The van der Waals surface area contributed by atoms with Crippen molar-refractivity contribution in [1.82, 2.24) is 0 Å². The smallest absolute Gasteiger partial charge is 0.0621 e. The third-order valence-electron chi connectivity index (χ3n) is 3.63. The highest BCUT2D eigenvalue weighted by Crippen LogP contribution is 2.41. The first-order valence-corrected chi connectivity index (χ1v) is 6.49. The van der Waals surface area contributed by atoms with Crippen LogP contribution in [0.25, 0.3) is 0 Å². The van der Waals surface area contributed by atoms with Gasteiger partial charge in [0.05, 0.1) is 5.60 Å². The number of aliphatic hydroxyl groups is 1. The van der Waals surface area contributed by atoms with Crippen molar-refractivity contribution in [2.24, 2.45) is 5.73 Å². The molecule has 2 nitrogen and oxygen atoms in total. The first-order chi connectivity index (χ1) is 7.43. The fourth-order valence-corrected chi connectivity index (χ4v) is 3.05. The molecule has 16 heavy (non-hydrogen) atoms. The molecule has 2 rings (SSSR count). The lowest BCUT2D eigenvalue weighted by molar-refractivity contribution is 0.000793. The average molecular weight is 284 g/mol. The molecule has 0 radical (unpaired) electrons. The highest BCUT2D eigenvalue weighted by molar-refractivity contribution is 9.10. The molecular weight excluding hydrogens is 266 g/mol. The van der Waals surface area contributed by atoms with Crippen LogP contribution < -0.4 is 5.73 Å². The maximum Gasteiger partial charge on any atom is 0.0621 e. The van der Waals surface area contributed by atoms with Gasteiger partial charge in [0.2, 0.25) is 0 Å². The van der Waals surface area contributed by atoms with Crippen LogP contribution in [0, 0.1) is 0 Å². The number of hydrogen-bond donors (Lipinski definition) is 2. The van der Waals surface area contributed by atoms with Crippen molar-refractivity contribution in [3.05, 3.63) is 34.3 Å². The molecule has 0 spiro atoms. The molecule has 88 valence electrons. The van der Waals surface area contributed by atoms with Crippen LogP contribution in [0.1, 0.15) is 38.2 Å². The second-order valence-electron chi connectivity index (χ2n) is 5.13. The second kappa shape index (κ2) is 4.13. The van der Waals surface area contributed by atoms with Gasteiger partial charge in [0.25, 0.3) is 0 Å². The van der Waals surface area contributed by atoms with Crippen molar-refractivity contribution >= 4 is 15.9 Å². The first kappa shape index (κ1) is 12.1. The van der Waals surface area contributed by atoms with E-state index in [1.807, 2.05) is 25.1 Å². The summed E-state index contributed by atoms with van der Waals surface area (Å²) in [7, 11) is 0. The largest absolute Gasteiger partial charge is 0.390 e. The summed E-state index contributed by atoms with van der Waals surface area (Å²) in [5, 5.41) is 9.96. The molecule has 1 aliphatic rings. The molecule has 1 saturated carbocycles. The number of nitrogens with two attached hydrogens (primary N) is 1. The quantitative estimate of drug-likeness (QED) is 0.833. The molecule has 0 aliphatic heterocycles. The molecule has 0 unspecified atom stereocenters. The van der Waals surface area contributed by atoms with Crippen molar-refractivity contribution in [3.8, 4) is 0 Å². The summed E-state index contributed by atoms with van der Waals surface area (Å²) in [5.41, 5.74) is 6.79. The lowest BCUT2D eigenvalue weighted by Gasteiger charge is -2.41. The molecule has 0 amide bonds. The van der Waals surface area contributed by atoms with E-state index in [1.165, 1.54) is 0 Å². The van der Waals surface area contributed by atoms with Crippen LogP contribution >= 0.6 is 15.9 Å². The molecule has 1 aromatic rings. The van der Waals surface area contributed by atoms with Gasteiger partial charge in [-0.05, 0) is 44.2 Å². The first-order valence-electron chi connectivity index (χ1n) is 5.69. The third-order valence-corrected chi connectivity index (χ3v) is 4.32. The molecule has 0 atom stereocenters. The predicted octanol–water partition coefficient (Wildman–Crippen LogP) is 2.93. The zero-order valence-corrected chi connectivity index (χ0v) is 11.1. The summed E-state index contributed by atoms with van der Waals surface area (Å²) in [5.74, 6) is 0. The van der Waals surface area contributed by atoms with Crippen LogP contribution in [0.5, 0.6) is 0 Å². The van der Waals surface area contributed by atoms with E-state index in [4.69, 9.17) is 5.73 Å². The zero-order chi connectivity index (χ0) is 11.8. The lowest BCUT2D eigenvalue weighted by atomic mass is 9.72. The van der Waals surface area contributed by atoms with Gasteiger partial charge < -0.3 is 10.8 Å². The van der Waals surface area contributed by atoms with E-state index >= 15 is 0 Å². The zero-order valence-electron chi connectivity index (χ0n) is 9.54. The SMILES string of the molecule is CC1(O)CCC(N)(c2ccccc2Br)CC1. The normalized spacial score (nSPS) is 35.0. The van der Waals surface area contributed by atoms with E-state index in [2.05, 4.69) is 22.0 Å². The summed E-state index contributed by atoms with van der Waals surface area (Å²) in [6.45, 7) is 1.90. The Morgan fingerprint density at radius 3 is 2.31 bits per heavy atom. The van der Waals surface area contributed by atoms with Crippen LogP contribution in [0.4, 0.5) is 0 Å². The predicted molar refractivity (Wildman–Crippen MR) is 69.1 cm³/mol. The average Bonchev–Trinajstić information content (AvgIpc) is 2.24. The fourth-order valence-electron chi connectivity index (χ4n) is 2.37. The van der Waals surface area contributed by atoms with Gasteiger partial charge in [0.15, 0.2) is 0 Å². The minimum atomic E-state index is -0.538. The van der Waals surface area contributed by atoms with Gasteiger partial charge in [-0.15, -0.1) is 0 Å². The molecule has 1 aromatic carbocycles. The molecule has 0 bridgehead atoms. The maximum atomic E-state index is 9.96.